The van der Waals surface area contributed by atoms with Gasteiger partial charge in [-0.2, -0.15) is 0 Å². The molecule has 2 heteroatoms. The molecular weight excluding hydrogens is 176 g/mol. The number of carbonyl (C=O) groups is 2. The molecule has 0 bridgehead atoms. The molecule has 0 heterocycles. The molecule has 0 N–H and O–H groups in total. The third-order valence-corrected chi connectivity index (χ3v) is 2.62. The normalized spacial score (nSPS) is 12.5. The van der Waals surface area contributed by atoms with Crippen LogP contribution in [0.5, 0.6) is 0 Å². The van der Waals surface area contributed by atoms with Crippen molar-refractivity contribution in [3.63, 3.8) is 0 Å². The molecule has 0 aromatic heterocycles. The van der Waals surface area contributed by atoms with Crippen LogP contribution in [-0.4, -0.2) is 11.6 Å². The van der Waals surface area contributed by atoms with Gasteiger partial charge in [0.15, 0.2) is 0 Å². The summed E-state index contributed by atoms with van der Waals surface area (Å²) >= 11 is 0. The van der Waals surface area contributed by atoms with Gasteiger partial charge in [-0.3, -0.25) is 9.59 Å². The van der Waals surface area contributed by atoms with E-state index in [1.165, 1.54) is 0 Å². The van der Waals surface area contributed by atoms with Crippen LogP contribution in [0.4, 0.5) is 0 Å². The van der Waals surface area contributed by atoms with Gasteiger partial charge in [0, 0.05) is 12.3 Å². The van der Waals surface area contributed by atoms with Crippen LogP contribution >= 0.6 is 0 Å². The quantitative estimate of drug-likeness (QED) is 0.561. The lowest BCUT2D eigenvalue weighted by Gasteiger charge is -2.11. The summed E-state index contributed by atoms with van der Waals surface area (Å²) in [5, 5.41) is 0. The van der Waals surface area contributed by atoms with Crippen LogP contribution in [0.15, 0.2) is 0 Å². The molecule has 0 spiro atoms. The average molecular weight is 198 g/mol. The molecule has 0 radical (unpaired) electrons. The maximum Gasteiger partial charge on any atom is 0.143 e. The van der Waals surface area contributed by atoms with Crippen molar-refractivity contribution in [2.75, 3.05) is 0 Å². The summed E-state index contributed by atoms with van der Waals surface area (Å²) in [6.45, 7) is 5.95. The average Bonchev–Trinajstić information content (AvgIpc) is 2.18. The van der Waals surface area contributed by atoms with Crippen molar-refractivity contribution in [1.29, 1.82) is 0 Å². The van der Waals surface area contributed by atoms with Crippen LogP contribution < -0.4 is 0 Å². The summed E-state index contributed by atoms with van der Waals surface area (Å²) in [5.41, 5.74) is 0. The van der Waals surface area contributed by atoms with Crippen molar-refractivity contribution in [3.05, 3.63) is 0 Å². The van der Waals surface area contributed by atoms with Crippen molar-refractivity contribution in [3.8, 4) is 0 Å². The highest BCUT2D eigenvalue weighted by Crippen LogP contribution is 2.15. The van der Waals surface area contributed by atoms with Crippen molar-refractivity contribution >= 4 is 11.6 Å². The lowest BCUT2D eigenvalue weighted by atomic mass is 9.92. The third kappa shape index (κ3) is 5.15. The van der Waals surface area contributed by atoms with E-state index in [1.54, 1.807) is 0 Å². The Hall–Kier alpha value is -0.660. The zero-order valence-corrected chi connectivity index (χ0v) is 9.64. The highest BCUT2D eigenvalue weighted by molar-refractivity contribution is 5.99. The van der Waals surface area contributed by atoms with Crippen LogP contribution in [0.1, 0.15) is 59.3 Å². The minimum absolute atomic E-state index is 0.0740. The number of rotatable bonds is 8. The van der Waals surface area contributed by atoms with Crippen LogP contribution in [0, 0.1) is 5.92 Å². The van der Waals surface area contributed by atoms with E-state index in [4.69, 9.17) is 0 Å². The summed E-state index contributed by atoms with van der Waals surface area (Å²) in [5.74, 6) is 0.336. The van der Waals surface area contributed by atoms with Gasteiger partial charge in [-0.1, -0.05) is 33.6 Å². The van der Waals surface area contributed by atoms with E-state index in [1.807, 2.05) is 13.8 Å². The number of hydrogen-bond acceptors (Lipinski definition) is 2. The van der Waals surface area contributed by atoms with Crippen LogP contribution in [0.2, 0.25) is 0 Å². The Bertz CT molecular complexity index is 185. The van der Waals surface area contributed by atoms with Crippen molar-refractivity contribution in [1.82, 2.24) is 0 Å². The maximum absolute atomic E-state index is 11.6. The van der Waals surface area contributed by atoms with E-state index in [2.05, 4.69) is 6.92 Å². The smallest absolute Gasteiger partial charge is 0.143 e. The first-order chi connectivity index (χ1) is 6.65. The Morgan fingerprint density at radius 2 is 1.79 bits per heavy atom. The van der Waals surface area contributed by atoms with E-state index in [0.717, 1.165) is 25.7 Å². The Balaban J connectivity index is 3.97. The Kier molecular flexibility index (Phi) is 7.35. The number of unbranched alkanes of at least 4 members (excludes halogenated alkanes) is 1. The van der Waals surface area contributed by atoms with Gasteiger partial charge in [0.1, 0.15) is 11.6 Å². The second-order valence-corrected chi connectivity index (χ2v) is 3.78. The molecule has 0 aliphatic rings. The second-order valence-electron chi connectivity index (χ2n) is 3.78. The molecule has 14 heavy (non-hydrogen) atoms. The molecule has 0 rings (SSSR count). The number of ketones is 2. The summed E-state index contributed by atoms with van der Waals surface area (Å²) in [6, 6.07) is 0. The molecular formula is C12H22O2. The lowest BCUT2D eigenvalue weighted by Crippen LogP contribution is -2.17. The molecule has 2 nitrogen and oxygen atoms in total. The molecule has 0 aliphatic heterocycles. The topological polar surface area (TPSA) is 34.1 Å². The van der Waals surface area contributed by atoms with E-state index >= 15 is 0 Å². The molecule has 1 atom stereocenters. The van der Waals surface area contributed by atoms with Gasteiger partial charge in [0.25, 0.3) is 0 Å². The zero-order valence-electron chi connectivity index (χ0n) is 9.64. The standard InChI is InChI=1S/C12H22O2/c1-4-7-8-10(5-2)12(14)9-11(13)6-3/h10H,4-9H2,1-3H3. The van der Waals surface area contributed by atoms with Gasteiger partial charge >= 0.3 is 0 Å². The predicted octanol–water partition coefficient (Wildman–Crippen LogP) is 3.14. The molecule has 0 saturated carbocycles. The van der Waals surface area contributed by atoms with E-state index < -0.39 is 0 Å². The van der Waals surface area contributed by atoms with Crippen molar-refractivity contribution < 1.29 is 9.59 Å². The highest BCUT2D eigenvalue weighted by atomic mass is 16.1. The summed E-state index contributed by atoms with van der Waals surface area (Å²) in [6.07, 6.45) is 4.66. The van der Waals surface area contributed by atoms with Gasteiger partial charge in [-0.25, -0.2) is 0 Å². The predicted molar refractivity (Wildman–Crippen MR) is 58.2 cm³/mol. The number of carbonyl (C=O) groups excluding carboxylic acids is 2. The molecule has 0 amide bonds. The molecule has 1 unspecified atom stereocenters. The Labute approximate surface area is 87.1 Å². The minimum atomic E-state index is 0.0740. The summed E-state index contributed by atoms with van der Waals surface area (Å²) in [7, 11) is 0. The SMILES string of the molecule is CCCCC(CC)C(=O)CC(=O)CC. The molecule has 0 aromatic carbocycles. The van der Waals surface area contributed by atoms with Gasteiger partial charge in [-0.05, 0) is 12.8 Å². The van der Waals surface area contributed by atoms with Crippen molar-refractivity contribution in [2.24, 2.45) is 5.92 Å². The van der Waals surface area contributed by atoms with E-state index in [9.17, 15) is 9.59 Å². The molecule has 0 aromatic rings. The fraction of sp³-hybridized carbons (Fsp3) is 0.833. The number of Topliss-reactive ketones (excluding diaryl/α,β-unsaturated/α-hetero) is 2. The van der Waals surface area contributed by atoms with Crippen LogP contribution in [0.3, 0.4) is 0 Å². The largest absolute Gasteiger partial charge is 0.299 e. The van der Waals surface area contributed by atoms with Gasteiger partial charge in [-0.15, -0.1) is 0 Å². The van der Waals surface area contributed by atoms with Gasteiger partial charge < -0.3 is 0 Å². The monoisotopic (exact) mass is 198 g/mol. The fourth-order valence-electron chi connectivity index (χ4n) is 1.51. The maximum atomic E-state index is 11.6. The Morgan fingerprint density at radius 1 is 1.14 bits per heavy atom. The molecule has 82 valence electrons. The highest BCUT2D eigenvalue weighted by Gasteiger charge is 2.17. The fourth-order valence-corrected chi connectivity index (χ4v) is 1.51. The zero-order chi connectivity index (χ0) is 11.0. The van der Waals surface area contributed by atoms with Crippen molar-refractivity contribution in [2.45, 2.75) is 59.3 Å². The molecule has 0 fully saturated rings. The van der Waals surface area contributed by atoms with Crippen LogP contribution in [0.25, 0.3) is 0 Å². The van der Waals surface area contributed by atoms with Gasteiger partial charge in [0.05, 0.1) is 6.42 Å². The molecule has 0 saturated heterocycles. The minimum Gasteiger partial charge on any atom is -0.299 e. The number of hydrogen-bond donors (Lipinski definition) is 0. The van der Waals surface area contributed by atoms with Crippen LogP contribution in [-0.2, 0) is 9.59 Å². The second kappa shape index (κ2) is 7.72. The first kappa shape index (κ1) is 13.3. The van der Waals surface area contributed by atoms with E-state index in [0.29, 0.717) is 6.42 Å². The molecule has 0 aliphatic carbocycles. The first-order valence-electron chi connectivity index (χ1n) is 5.70. The first-order valence-corrected chi connectivity index (χ1v) is 5.70. The summed E-state index contributed by atoms with van der Waals surface area (Å²) in [4.78, 5) is 22.7. The third-order valence-electron chi connectivity index (χ3n) is 2.62. The van der Waals surface area contributed by atoms with Gasteiger partial charge in [0.2, 0.25) is 0 Å². The lowest BCUT2D eigenvalue weighted by molar-refractivity contribution is -0.129. The van der Waals surface area contributed by atoms with E-state index in [-0.39, 0.29) is 23.9 Å². The Morgan fingerprint density at radius 3 is 2.21 bits per heavy atom. The summed E-state index contributed by atoms with van der Waals surface area (Å²) < 4.78 is 0.